The summed E-state index contributed by atoms with van der Waals surface area (Å²) >= 11 is 0. The lowest BCUT2D eigenvalue weighted by molar-refractivity contribution is 0.147. The van der Waals surface area contributed by atoms with Gasteiger partial charge < -0.3 is 10.2 Å². The van der Waals surface area contributed by atoms with Crippen LogP contribution in [0.4, 0.5) is 0 Å². The van der Waals surface area contributed by atoms with Crippen LogP contribution in [0.25, 0.3) is 0 Å². The van der Waals surface area contributed by atoms with Gasteiger partial charge in [0.05, 0.1) is 6.54 Å². The maximum Gasteiger partial charge on any atom is 0.111 e. The molecule has 0 aliphatic carbocycles. The highest BCUT2D eigenvalue weighted by atomic mass is 15.5. The molecule has 13 heavy (non-hydrogen) atoms. The summed E-state index contributed by atoms with van der Waals surface area (Å²) in [5, 5.41) is 10.1. The van der Waals surface area contributed by atoms with Crippen LogP contribution in [0.5, 0.6) is 0 Å². The lowest BCUT2D eigenvalue weighted by atomic mass is 10.1. The first-order valence-corrected chi connectivity index (χ1v) is 5.08. The highest BCUT2D eigenvalue weighted by Gasteiger charge is 2.20. The molecule has 0 unspecified atom stereocenters. The molecule has 0 spiro atoms. The molecule has 2 rings (SSSR count). The largest absolute Gasteiger partial charge is 0.362 e. The van der Waals surface area contributed by atoms with E-state index in [2.05, 4.69) is 27.4 Å². The first-order chi connectivity index (χ1) is 6.36. The first kappa shape index (κ1) is 8.81. The van der Waals surface area contributed by atoms with Crippen molar-refractivity contribution in [3.63, 3.8) is 0 Å². The van der Waals surface area contributed by atoms with Gasteiger partial charge in [-0.15, -0.1) is 0 Å². The molecule has 0 aromatic heterocycles. The molecule has 0 radical (unpaired) electrons. The Hall–Kier alpha value is -0.770. The van der Waals surface area contributed by atoms with Crippen molar-refractivity contribution in [2.75, 3.05) is 33.2 Å². The highest BCUT2D eigenvalue weighted by molar-refractivity contribution is 5.54. The standard InChI is InChI=1S/C9H18N4/c1-12-6-7-13(11-8-12)9-2-4-10-5-3-9/h8-10H,2-7H2,1H3. The zero-order chi connectivity index (χ0) is 9.10. The van der Waals surface area contributed by atoms with Crippen LogP contribution < -0.4 is 5.32 Å². The summed E-state index contributed by atoms with van der Waals surface area (Å²) in [6.07, 6.45) is 4.41. The normalized spacial score (nSPS) is 25.3. The third-order valence-corrected chi connectivity index (χ3v) is 2.81. The molecule has 2 heterocycles. The summed E-state index contributed by atoms with van der Waals surface area (Å²) in [7, 11) is 2.07. The van der Waals surface area contributed by atoms with Gasteiger partial charge in [0.1, 0.15) is 6.34 Å². The van der Waals surface area contributed by atoms with Crippen molar-refractivity contribution < 1.29 is 0 Å². The first-order valence-electron chi connectivity index (χ1n) is 5.08. The Bertz CT molecular complexity index is 186. The van der Waals surface area contributed by atoms with Gasteiger partial charge in [-0.3, -0.25) is 5.01 Å². The maximum absolute atomic E-state index is 4.44. The van der Waals surface area contributed by atoms with Gasteiger partial charge in [0, 0.05) is 19.6 Å². The number of rotatable bonds is 1. The van der Waals surface area contributed by atoms with E-state index < -0.39 is 0 Å². The molecule has 0 atom stereocenters. The van der Waals surface area contributed by atoms with Crippen LogP contribution in [0.3, 0.4) is 0 Å². The van der Waals surface area contributed by atoms with Crippen molar-refractivity contribution in [2.45, 2.75) is 18.9 Å². The van der Waals surface area contributed by atoms with Gasteiger partial charge in [-0.05, 0) is 25.9 Å². The number of likely N-dealkylation sites (N-methyl/N-ethyl adjacent to an activating group) is 1. The lowest BCUT2D eigenvalue weighted by Crippen LogP contribution is -2.45. The number of hydrogen-bond acceptors (Lipinski definition) is 4. The molecule has 2 aliphatic rings. The smallest absolute Gasteiger partial charge is 0.111 e. The molecule has 0 aromatic carbocycles. The van der Waals surface area contributed by atoms with Crippen LogP contribution in [0.2, 0.25) is 0 Å². The Morgan fingerprint density at radius 2 is 2.08 bits per heavy atom. The Labute approximate surface area is 79.6 Å². The minimum Gasteiger partial charge on any atom is -0.362 e. The van der Waals surface area contributed by atoms with Crippen LogP contribution in [0.1, 0.15) is 12.8 Å². The van der Waals surface area contributed by atoms with Gasteiger partial charge in [0.15, 0.2) is 0 Å². The summed E-state index contributed by atoms with van der Waals surface area (Å²) in [6.45, 7) is 4.48. The summed E-state index contributed by atoms with van der Waals surface area (Å²) in [5.74, 6) is 0. The van der Waals surface area contributed by atoms with Crippen LogP contribution in [-0.2, 0) is 0 Å². The van der Waals surface area contributed by atoms with Gasteiger partial charge in [-0.25, -0.2) is 0 Å². The van der Waals surface area contributed by atoms with Crippen molar-refractivity contribution >= 4 is 6.34 Å². The van der Waals surface area contributed by atoms with E-state index in [-0.39, 0.29) is 0 Å². The summed E-state index contributed by atoms with van der Waals surface area (Å²) < 4.78 is 0. The Balaban J connectivity index is 1.89. The summed E-state index contributed by atoms with van der Waals surface area (Å²) in [6, 6.07) is 0.672. The Morgan fingerprint density at radius 3 is 2.69 bits per heavy atom. The van der Waals surface area contributed by atoms with Gasteiger partial charge in [0.2, 0.25) is 0 Å². The van der Waals surface area contributed by atoms with Crippen LogP contribution in [0, 0.1) is 0 Å². The van der Waals surface area contributed by atoms with Crippen molar-refractivity contribution in [3.05, 3.63) is 0 Å². The topological polar surface area (TPSA) is 30.9 Å². The van der Waals surface area contributed by atoms with Gasteiger partial charge in [-0.1, -0.05) is 0 Å². The quantitative estimate of drug-likeness (QED) is 0.616. The van der Waals surface area contributed by atoms with Gasteiger partial charge in [0.25, 0.3) is 0 Å². The molecule has 0 amide bonds. The zero-order valence-corrected chi connectivity index (χ0v) is 8.24. The molecule has 0 aromatic rings. The molecule has 1 N–H and O–H groups in total. The van der Waals surface area contributed by atoms with Gasteiger partial charge >= 0.3 is 0 Å². The number of piperidine rings is 1. The third kappa shape index (κ3) is 2.12. The number of nitrogens with one attached hydrogen (secondary N) is 1. The second-order valence-electron chi connectivity index (χ2n) is 3.86. The van der Waals surface area contributed by atoms with E-state index in [9.17, 15) is 0 Å². The summed E-state index contributed by atoms with van der Waals surface area (Å²) in [4.78, 5) is 2.14. The van der Waals surface area contributed by atoms with Crippen molar-refractivity contribution in [1.82, 2.24) is 15.2 Å². The zero-order valence-electron chi connectivity index (χ0n) is 8.24. The predicted molar refractivity (Wildman–Crippen MR) is 53.7 cm³/mol. The van der Waals surface area contributed by atoms with Crippen LogP contribution in [-0.4, -0.2) is 55.5 Å². The average Bonchev–Trinajstić information content (AvgIpc) is 2.20. The summed E-state index contributed by atoms with van der Waals surface area (Å²) in [5.41, 5.74) is 0. The molecule has 4 heteroatoms. The van der Waals surface area contributed by atoms with Crippen LogP contribution in [0.15, 0.2) is 5.10 Å². The van der Waals surface area contributed by atoms with E-state index in [0.717, 1.165) is 26.2 Å². The van der Waals surface area contributed by atoms with Crippen molar-refractivity contribution in [1.29, 1.82) is 0 Å². The van der Waals surface area contributed by atoms with E-state index >= 15 is 0 Å². The number of hydrazone groups is 1. The van der Waals surface area contributed by atoms with E-state index in [4.69, 9.17) is 0 Å². The maximum atomic E-state index is 4.44. The van der Waals surface area contributed by atoms with Gasteiger partial charge in [-0.2, -0.15) is 5.10 Å². The molecular formula is C9H18N4. The minimum absolute atomic E-state index is 0.672. The van der Waals surface area contributed by atoms with Crippen molar-refractivity contribution in [3.8, 4) is 0 Å². The fraction of sp³-hybridized carbons (Fsp3) is 0.889. The second kappa shape index (κ2) is 3.96. The fourth-order valence-electron chi connectivity index (χ4n) is 1.91. The monoisotopic (exact) mass is 182 g/mol. The van der Waals surface area contributed by atoms with E-state index in [1.165, 1.54) is 12.8 Å². The lowest BCUT2D eigenvalue weighted by Gasteiger charge is -2.36. The fourth-order valence-corrected chi connectivity index (χ4v) is 1.91. The van der Waals surface area contributed by atoms with Crippen LogP contribution >= 0.6 is 0 Å². The number of hydrogen-bond donors (Lipinski definition) is 1. The Morgan fingerprint density at radius 1 is 1.31 bits per heavy atom. The molecule has 1 fully saturated rings. The van der Waals surface area contributed by atoms with Crippen molar-refractivity contribution in [2.24, 2.45) is 5.10 Å². The molecule has 0 bridgehead atoms. The predicted octanol–water partition coefficient (Wildman–Crippen LogP) is -0.0709. The van der Waals surface area contributed by atoms with E-state index in [0.29, 0.717) is 6.04 Å². The molecule has 0 saturated carbocycles. The Kier molecular flexibility index (Phi) is 2.68. The SMILES string of the molecule is CN1C=NN(C2CCNCC2)CC1. The average molecular weight is 182 g/mol. The second-order valence-corrected chi connectivity index (χ2v) is 3.86. The molecule has 2 aliphatic heterocycles. The highest BCUT2D eigenvalue weighted by Crippen LogP contribution is 2.13. The molecule has 74 valence electrons. The molecule has 1 saturated heterocycles. The third-order valence-electron chi connectivity index (χ3n) is 2.81. The minimum atomic E-state index is 0.672. The number of nitrogens with zero attached hydrogens (tertiary/aromatic N) is 3. The molecule has 4 nitrogen and oxygen atoms in total. The van der Waals surface area contributed by atoms with E-state index in [1.54, 1.807) is 0 Å². The molecular weight excluding hydrogens is 164 g/mol. The van der Waals surface area contributed by atoms with E-state index in [1.807, 2.05) is 6.34 Å².